The Labute approximate surface area is 259 Å². The molecule has 1 N–H and O–H groups in total. The van der Waals surface area contributed by atoms with Gasteiger partial charge in [-0.1, -0.05) is 59.1 Å². The van der Waals surface area contributed by atoms with E-state index in [9.17, 15) is 13.2 Å². The lowest BCUT2D eigenvalue weighted by Gasteiger charge is -2.24. The van der Waals surface area contributed by atoms with E-state index in [0.717, 1.165) is 21.0 Å². The number of hydrazone groups is 1. The molecule has 0 aromatic heterocycles. The minimum atomic E-state index is -4.03. The molecule has 0 heterocycles. The maximum atomic E-state index is 13.5. The van der Waals surface area contributed by atoms with Crippen molar-refractivity contribution >= 4 is 55.4 Å². The van der Waals surface area contributed by atoms with Crippen molar-refractivity contribution in [3.63, 3.8) is 0 Å². The van der Waals surface area contributed by atoms with Crippen molar-refractivity contribution in [3.8, 4) is 11.5 Å². The average molecular weight is 671 g/mol. The van der Waals surface area contributed by atoms with Gasteiger partial charge in [-0.2, -0.15) is 5.10 Å². The summed E-state index contributed by atoms with van der Waals surface area (Å²) in [7, 11) is -2.50. The van der Waals surface area contributed by atoms with Crippen molar-refractivity contribution in [1.29, 1.82) is 0 Å². The summed E-state index contributed by atoms with van der Waals surface area (Å²) in [4.78, 5) is 13.0. The summed E-state index contributed by atoms with van der Waals surface area (Å²) in [6.07, 6.45) is 1.43. The molecule has 8 nitrogen and oxygen atoms in total. The number of hydrogen-bond donors (Lipinski definition) is 1. The molecule has 1 amide bonds. The molecular weight excluding hydrogens is 642 g/mol. The lowest BCUT2D eigenvalue weighted by atomic mass is 10.2. The van der Waals surface area contributed by atoms with Crippen molar-refractivity contribution in [3.05, 3.63) is 117 Å². The topological polar surface area (TPSA) is 97.3 Å². The summed E-state index contributed by atoms with van der Waals surface area (Å²) in [6.45, 7) is 3.60. The Morgan fingerprint density at radius 2 is 1.60 bits per heavy atom. The molecule has 0 saturated heterocycles. The van der Waals surface area contributed by atoms with Gasteiger partial charge in [0.2, 0.25) is 0 Å². The molecule has 0 atom stereocenters. The third kappa shape index (κ3) is 7.90. The molecule has 4 rings (SSSR count). The van der Waals surface area contributed by atoms with E-state index in [1.165, 1.54) is 25.5 Å². The number of anilines is 1. The van der Waals surface area contributed by atoms with Gasteiger partial charge in [-0.25, -0.2) is 13.8 Å². The average Bonchev–Trinajstić information content (AvgIpc) is 2.96. The molecule has 0 aliphatic heterocycles. The Morgan fingerprint density at radius 3 is 2.21 bits per heavy atom. The zero-order valence-electron chi connectivity index (χ0n) is 23.2. The molecule has 11 heteroatoms. The van der Waals surface area contributed by atoms with Crippen molar-refractivity contribution in [2.24, 2.45) is 5.10 Å². The third-order valence-corrected chi connectivity index (χ3v) is 8.80. The zero-order chi connectivity index (χ0) is 30.3. The Kier molecular flexibility index (Phi) is 10.3. The number of halogens is 2. The number of hydrogen-bond acceptors (Lipinski definition) is 6. The highest BCUT2D eigenvalue weighted by molar-refractivity contribution is 9.10. The highest BCUT2D eigenvalue weighted by atomic mass is 79.9. The van der Waals surface area contributed by atoms with Crippen LogP contribution in [0.15, 0.2) is 99.4 Å². The van der Waals surface area contributed by atoms with Crippen molar-refractivity contribution in [2.75, 3.05) is 18.0 Å². The lowest BCUT2D eigenvalue weighted by molar-refractivity contribution is -0.119. The first kappa shape index (κ1) is 31.1. The van der Waals surface area contributed by atoms with Crippen molar-refractivity contribution < 1.29 is 22.7 Å². The van der Waals surface area contributed by atoms with Crippen LogP contribution in [0.5, 0.6) is 11.5 Å². The molecule has 4 aromatic rings. The van der Waals surface area contributed by atoms with Gasteiger partial charge in [0.25, 0.3) is 15.9 Å². The largest absolute Gasteiger partial charge is 0.493 e. The number of benzene rings is 4. The van der Waals surface area contributed by atoms with E-state index < -0.39 is 22.5 Å². The molecule has 0 spiro atoms. The number of aryl methyl sites for hydroxylation is 2. The number of rotatable bonds is 11. The van der Waals surface area contributed by atoms with Gasteiger partial charge >= 0.3 is 0 Å². The van der Waals surface area contributed by atoms with Crippen LogP contribution in [0.4, 0.5) is 5.69 Å². The second-order valence-electron chi connectivity index (χ2n) is 9.40. The molecule has 0 aliphatic rings. The number of carbonyl (C=O) groups is 1. The fourth-order valence-corrected chi connectivity index (χ4v) is 6.02. The quantitative estimate of drug-likeness (QED) is 0.142. The molecule has 0 unspecified atom stereocenters. The van der Waals surface area contributed by atoms with Crippen LogP contribution in [0.3, 0.4) is 0 Å². The van der Waals surface area contributed by atoms with Crippen LogP contribution in [0.1, 0.15) is 22.3 Å². The molecule has 0 saturated carbocycles. The minimum Gasteiger partial charge on any atom is -0.493 e. The van der Waals surface area contributed by atoms with Gasteiger partial charge in [0.1, 0.15) is 13.2 Å². The molecule has 218 valence electrons. The number of amides is 1. The summed E-state index contributed by atoms with van der Waals surface area (Å²) in [5.41, 5.74) is 6.22. The Hall–Kier alpha value is -3.86. The first-order valence-electron chi connectivity index (χ1n) is 12.8. The van der Waals surface area contributed by atoms with E-state index in [2.05, 4.69) is 26.5 Å². The summed E-state index contributed by atoms with van der Waals surface area (Å²) in [5, 5.41) is 4.68. The van der Waals surface area contributed by atoms with E-state index >= 15 is 0 Å². The fourth-order valence-electron chi connectivity index (χ4n) is 3.90. The molecule has 0 aliphatic carbocycles. The first-order chi connectivity index (χ1) is 20.1. The van der Waals surface area contributed by atoms with Gasteiger partial charge in [-0.3, -0.25) is 9.10 Å². The van der Waals surface area contributed by atoms with Crippen LogP contribution < -0.4 is 19.2 Å². The Balaban J connectivity index is 1.48. The minimum absolute atomic E-state index is 0.0836. The molecular formula is C31H29BrClN3O5S. The lowest BCUT2D eigenvalue weighted by Crippen LogP contribution is -2.39. The Morgan fingerprint density at radius 1 is 0.976 bits per heavy atom. The maximum Gasteiger partial charge on any atom is 0.264 e. The van der Waals surface area contributed by atoms with E-state index in [-0.39, 0.29) is 4.90 Å². The number of ether oxygens (including phenoxy) is 2. The van der Waals surface area contributed by atoms with E-state index in [1.807, 2.05) is 26.0 Å². The predicted molar refractivity (Wildman–Crippen MR) is 169 cm³/mol. The van der Waals surface area contributed by atoms with Crippen LogP contribution in [0, 0.1) is 13.8 Å². The first-order valence-corrected chi connectivity index (χ1v) is 15.4. The standard InChI is InChI=1S/C31H29BrClN3O5S/c1-21-4-12-26(13-5-21)36(42(38,39)27-14-6-22(2)7-15-27)19-30(37)35-34-18-24-16-28(32)31(29(17-24)40-3)41-20-23-8-10-25(33)11-9-23/h4-18H,19-20H2,1-3H3,(H,35,37)/b34-18-. The zero-order valence-corrected chi connectivity index (χ0v) is 26.3. The molecule has 0 fully saturated rings. The molecule has 0 radical (unpaired) electrons. The summed E-state index contributed by atoms with van der Waals surface area (Å²) >= 11 is 9.46. The van der Waals surface area contributed by atoms with Gasteiger partial charge in [-0.05, 0) is 89.4 Å². The highest BCUT2D eigenvalue weighted by Crippen LogP contribution is 2.37. The van der Waals surface area contributed by atoms with E-state index in [1.54, 1.807) is 60.7 Å². The number of carbonyl (C=O) groups excluding carboxylic acids is 1. The second-order valence-corrected chi connectivity index (χ2v) is 12.6. The van der Waals surface area contributed by atoms with E-state index in [0.29, 0.717) is 38.9 Å². The van der Waals surface area contributed by atoms with Gasteiger partial charge < -0.3 is 9.47 Å². The van der Waals surface area contributed by atoms with Crippen LogP contribution in [0.25, 0.3) is 0 Å². The third-order valence-electron chi connectivity index (χ3n) is 6.17. The van der Waals surface area contributed by atoms with Crippen LogP contribution >= 0.6 is 27.5 Å². The predicted octanol–water partition coefficient (Wildman–Crippen LogP) is 6.65. The fraction of sp³-hybridized carbons (Fsp3) is 0.161. The summed E-state index contributed by atoms with van der Waals surface area (Å²) < 4.78 is 40.2. The van der Waals surface area contributed by atoms with E-state index in [4.69, 9.17) is 21.1 Å². The van der Waals surface area contributed by atoms with Gasteiger partial charge in [-0.15, -0.1) is 0 Å². The van der Waals surface area contributed by atoms with Gasteiger partial charge in [0.05, 0.1) is 28.4 Å². The van der Waals surface area contributed by atoms with Crippen LogP contribution in [-0.4, -0.2) is 34.2 Å². The van der Waals surface area contributed by atoms with Crippen molar-refractivity contribution in [2.45, 2.75) is 25.3 Å². The van der Waals surface area contributed by atoms with Crippen LogP contribution in [-0.2, 0) is 21.4 Å². The monoisotopic (exact) mass is 669 g/mol. The summed E-state index contributed by atoms with van der Waals surface area (Å²) in [6, 6.07) is 24.2. The SMILES string of the molecule is COc1cc(/C=N\NC(=O)CN(c2ccc(C)cc2)S(=O)(=O)c2ccc(C)cc2)cc(Br)c1OCc1ccc(Cl)cc1. The van der Waals surface area contributed by atoms with Crippen LogP contribution in [0.2, 0.25) is 5.02 Å². The number of methoxy groups -OCH3 is 1. The van der Waals surface area contributed by atoms with Gasteiger partial charge in [0, 0.05) is 5.02 Å². The van der Waals surface area contributed by atoms with Gasteiger partial charge in [0.15, 0.2) is 11.5 Å². The Bertz CT molecular complexity index is 1680. The molecule has 42 heavy (non-hydrogen) atoms. The number of nitrogens with one attached hydrogen (secondary N) is 1. The summed E-state index contributed by atoms with van der Waals surface area (Å²) in [5.74, 6) is 0.348. The second kappa shape index (κ2) is 13.9. The highest BCUT2D eigenvalue weighted by Gasteiger charge is 2.27. The number of nitrogens with zero attached hydrogens (tertiary/aromatic N) is 2. The maximum absolute atomic E-state index is 13.5. The molecule has 4 aromatic carbocycles. The number of sulfonamides is 1. The smallest absolute Gasteiger partial charge is 0.264 e. The normalized spacial score (nSPS) is 11.4. The molecule has 0 bridgehead atoms. The van der Waals surface area contributed by atoms with Crippen molar-refractivity contribution in [1.82, 2.24) is 5.43 Å².